The third kappa shape index (κ3) is 2.44. The molecule has 3 heterocycles. The molecule has 1 amide bonds. The molecule has 1 aliphatic heterocycles. The average Bonchev–Trinajstić information content (AvgIpc) is 3.08. The number of nitrogens with one attached hydrogen (secondary N) is 2. The van der Waals surface area contributed by atoms with Gasteiger partial charge in [0.05, 0.1) is 18.4 Å². The third-order valence-electron chi connectivity index (χ3n) is 4.26. The molecular weight excluding hydrogens is 302 g/mol. The molecule has 0 aliphatic carbocycles. The molecule has 2 aromatic heterocycles. The smallest absolute Gasteiger partial charge is 0.253 e. The van der Waals surface area contributed by atoms with Crippen molar-refractivity contribution in [3.05, 3.63) is 59.9 Å². The Kier molecular flexibility index (Phi) is 3.54. The number of methoxy groups -OCH3 is 1. The number of H-pyrrole nitrogens is 1. The summed E-state index contributed by atoms with van der Waals surface area (Å²) in [7, 11) is 1.65. The van der Waals surface area contributed by atoms with Crippen LogP contribution in [0.25, 0.3) is 22.5 Å². The zero-order valence-electron chi connectivity index (χ0n) is 13.3. The first kappa shape index (κ1) is 14.5. The normalized spacial score (nSPS) is 13.3. The highest BCUT2D eigenvalue weighted by Crippen LogP contribution is 2.31. The van der Waals surface area contributed by atoms with Gasteiger partial charge in [-0.15, -0.1) is 0 Å². The maximum Gasteiger partial charge on any atom is 0.253 e. The van der Waals surface area contributed by atoms with Crippen molar-refractivity contribution >= 4 is 5.91 Å². The number of carbonyl (C=O) groups is 1. The lowest BCUT2D eigenvalue weighted by atomic mass is 10.1. The molecule has 1 aromatic carbocycles. The highest BCUT2D eigenvalue weighted by atomic mass is 16.5. The highest BCUT2D eigenvalue weighted by molar-refractivity contribution is 5.97. The van der Waals surface area contributed by atoms with Crippen molar-refractivity contribution in [2.75, 3.05) is 13.7 Å². The van der Waals surface area contributed by atoms with Crippen molar-refractivity contribution in [2.24, 2.45) is 0 Å². The Bertz CT molecular complexity index is 914. The zero-order valence-corrected chi connectivity index (χ0v) is 13.3. The van der Waals surface area contributed by atoms with Crippen LogP contribution in [0, 0.1) is 0 Å². The van der Waals surface area contributed by atoms with E-state index < -0.39 is 0 Å². The van der Waals surface area contributed by atoms with Gasteiger partial charge in [-0.05, 0) is 30.3 Å². The zero-order chi connectivity index (χ0) is 16.5. The summed E-state index contributed by atoms with van der Waals surface area (Å²) in [5.74, 6) is 0.769. The fourth-order valence-corrected chi connectivity index (χ4v) is 3.05. The molecule has 0 saturated carbocycles. The Morgan fingerprint density at radius 2 is 2.00 bits per heavy atom. The molecule has 5 heteroatoms. The van der Waals surface area contributed by atoms with Crippen LogP contribution < -0.4 is 10.1 Å². The summed E-state index contributed by atoms with van der Waals surface area (Å²) in [5.41, 5.74) is 5.41. The van der Waals surface area contributed by atoms with E-state index in [9.17, 15) is 4.79 Å². The number of fused-ring (bicyclic) bond motifs is 1. The molecule has 0 bridgehead atoms. The van der Waals surface area contributed by atoms with Crippen molar-refractivity contribution in [1.29, 1.82) is 0 Å². The van der Waals surface area contributed by atoms with Crippen LogP contribution in [0.4, 0.5) is 0 Å². The lowest BCUT2D eigenvalue weighted by molar-refractivity contribution is 0.0946. The topological polar surface area (TPSA) is 67.0 Å². The first-order chi connectivity index (χ1) is 11.8. The predicted octanol–water partition coefficient (Wildman–Crippen LogP) is 3.04. The minimum atomic E-state index is -0.0160. The van der Waals surface area contributed by atoms with E-state index in [2.05, 4.69) is 15.3 Å². The maximum absolute atomic E-state index is 11.9. The Labute approximate surface area is 139 Å². The van der Waals surface area contributed by atoms with Gasteiger partial charge in [-0.25, -0.2) is 0 Å². The number of para-hydroxylation sites is 1. The Morgan fingerprint density at radius 3 is 2.83 bits per heavy atom. The highest BCUT2D eigenvalue weighted by Gasteiger charge is 2.20. The molecule has 1 aliphatic rings. The van der Waals surface area contributed by atoms with Gasteiger partial charge in [-0.3, -0.25) is 9.78 Å². The van der Waals surface area contributed by atoms with Crippen LogP contribution in [0.1, 0.15) is 16.1 Å². The second-order valence-corrected chi connectivity index (χ2v) is 5.71. The number of nitrogens with zero attached hydrogens (tertiary/aromatic N) is 1. The number of aromatic nitrogens is 2. The van der Waals surface area contributed by atoms with Gasteiger partial charge in [0.2, 0.25) is 0 Å². The monoisotopic (exact) mass is 319 g/mol. The maximum atomic E-state index is 11.9. The van der Waals surface area contributed by atoms with Gasteiger partial charge < -0.3 is 15.0 Å². The van der Waals surface area contributed by atoms with Gasteiger partial charge in [0.25, 0.3) is 5.91 Å². The molecule has 3 aromatic rings. The summed E-state index contributed by atoms with van der Waals surface area (Å²) in [6.07, 6.45) is 2.60. The number of aromatic amines is 1. The largest absolute Gasteiger partial charge is 0.496 e. The molecule has 0 radical (unpaired) electrons. The lowest BCUT2D eigenvalue weighted by Crippen LogP contribution is -2.31. The number of ether oxygens (including phenoxy) is 1. The number of rotatable bonds is 3. The van der Waals surface area contributed by atoms with Gasteiger partial charge in [0.1, 0.15) is 5.75 Å². The van der Waals surface area contributed by atoms with Crippen LogP contribution in [0.3, 0.4) is 0 Å². The van der Waals surface area contributed by atoms with Crippen molar-refractivity contribution in [2.45, 2.75) is 6.42 Å². The van der Waals surface area contributed by atoms with Crippen LogP contribution in [0.15, 0.2) is 48.7 Å². The van der Waals surface area contributed by atoms with Crippen LogP contribution in [0.5, 0.6) is 5.75 Å². The summed E-state index contributed by atoms with van der Waals surface area (Å²) < 4.78 is 5.42. The average molecular weight is 319 g/mol. The molecule has 120 valence electrons. The van der Waals surface area contributed by atoms with E-state index in [0.717, 1.165) is 45.9 Å². The second kappa shape index (κ2) is 5.85. The van der Waals surface area contributed by atoms with E-state index in [1.165, 1.54) is 0 Å². The first-order valence-corrected chi connectivity index (χ1v) is 7.86. The number of hydrogen-bond acceptors (Lipinski definition) is 3. The Morgan fingerprint density at radius 1 is 1.12 bits per heavy atom. The molecule has 0 atom stereocenters. The lowest BCUT2D eigenvalue weighted by Gasteiger charge is -2.11. The van der Waals surface area contributed by atoms with Crippen molar-refractivity contribution in [3.8, 4) is 28.3 Å². The molecule has 4 rings (SSSR count). The number of amides is 1. The molecule has 24 heavy (non-hydrogen) atoms. The van der Waals surface area contributed by atoms with E-state index in [4.69, 9.17) is 4.74 Å². The Hall–Kier alpha value is -3.08. The van der Waals surface area contributed by atoms with E-state index in [0.29, 0.717) is 6.54 Å². The standard InChI is InChI=1S/C19H17N3O2/c1-24-18-5-3-2-4-13(18)17-10-12(6-8-20-17)16-11-14-15(22-16)7-9-21-19(14)23/h2-6,8,10-11,22H,7,9H2,1H3,(H,21,23). The predicted molar refractivity (Wildman–Crippen MR) is 92.0 cm³/mol. The molecule has 0 unspecified atom stereocenters. The molecule has 2 N–H and O–H groups in total. The van der Waals surface area contributed by atoms with E-state index in [-0.39, 0.29) is 5.91 Å². The number of benzene rings is 1. The molecule has 0 fully saturated rings. The van der Waals surface area contributed by atoms with Crippen LogP contribution in [-0.4, -0.2) is 29.5 Å². The molecular formula is C19H17N3O2. The number of hydrogen-bond donors (Lipinski definition) is 2. The summed E-state index contributed by atoms with van der Waals surface area (Å²) in [5, 5.41) is 2.87. The van der Waals surface area contributed by atoms with Crippen molar-refractivity contribution < 1.29 is 9.53 Å². The van der Waals surface area contributed by atoms with Gasteiger partial charge in [-0.2, -0.15) is 0 Å². The van der Waals surface area contributed by atoms with E-state index in [1.807, 2.05) is 42.5 Å². The van der Waals surface area contributed by atoms with Gasteiger partial charge in [-0.1, -0.05) is 12.1 Å². The number of carbonyl (C=O) groups excluding carboxylic acids is 1. The molecule has 0 saturated heterocycles. The van der Waals surface area contributed by atoms with Crippen molar-refractivity contribution in [1.82, 2.24) is 15.3 Å². The van der Waals surface area contributed by atoms with Crippen LogP contribution in [0.2, 0.25) is 0 Å². The van der Waals surface area contributed by atoms with Crippen LogP contribution >= 0.6 is 0 Å². The summed E-state index contributed by atoms with van der Waals surface area (Å²) in [6, 6.07) is 13.7. The number of pyridine rings is 1. The fourth-order valence-electron chi connectivity index (χ4n) is 3.05. The summed E-state index contributed by atoms with van der Waals surface area (Å²) in [4.78, 5) is 19.8. The van der Waals surface area contributed by atoms with Gasteiger partial charge in [0, 0.05) is 41.7 Å². The quantitative estimate of drug-likeness (QED) is 0.780. The SMILES string of the molecule is COc1ccccc1-c1cc(-c2cc3c([nH]2)CCNC3=O)ccn1. The first-order valence-electron chi connectivity index (χ1n) is 7.86. The van der Waals surface area contributed by atoms with Gasteiger partial charge in [0.15, 0.2) is 0 Å². The minimum Gasteiger partial charge on any atom is -0.496 e. The molecule has 0 spiro atoms. The fraction of sp³-hybridized carbons (Fsp3) is 0.158. The minimum absolute atomic E-state index is 0.0160. The van der Waals surface area contributed by atoms with Crippen LogP contribution in [-0.2, 0) is 6.42 Å². The third-order valence-corrected chi connectivity index (χ3v) is 4.26. The second-order valence-electron chi connectivity index (χ2n) is 5.71. The van der Waals surface area contributed by atoms with Crippen molar-refractivity contribution in [3.63, 3.8) is 0 Å². The molecule has 5 nitrogen and oxygen atoms in total. The summed E-state index contributed by atoms with van der Waals surface area (Å²) in [6.45, 7) is 0.675. The van der Waals surface area contributed by atoms with E-state index in [1.54, 1.807) is 13.3 Å². The Balaban J connectivity index is 1.77. The van der Waals surface area contributed by atoms with E-state index >= 15 is 0 Å². The summed E-state index contributed by atoms with van der Waals surface area (Å²) >= 11 is 0. The van der Waals surface area contributed by atoms with Gasteiger partial charge >= 0.3 is 0 Å².